The number of hydrogen-bond donors (Lipinski definition) is 0. The maximum Gasteiger partial charge on any atom is 0.138 e. The maximum absolute atomic E-state index is 4.90. The summed E-state index contributed by atoms with van der Waals surface area (Å²) in [5.41, 5.74) is 53.0. The Morgan fingerprint density at radius 3 is 0.585 bits per heavy atom. The first-order valence-electron chi connectivity index (χ1n) is 51.2. The summed E-state index contributed by atoms with van der Waals surface area (Å²) in [7, 11) is 0. The van der Waals surface area contributed by atoms with Gasteiger partial charge >= 0.3 is 0 Å². The average molecular weight is 1900 g/mol. The van der Waals surface area contributed by atoms with Crippen molar-refractivity contribution >= 4 is 51.4 Å². The lowest BCUT2D eigenvalue weighted by Crippen LogP contribution is -2.16. The van der Waals surface area contributed by atoms with E-state index in [0.717, 1.165) is 73.7 Å². The van der Waals surface area contributed by atoms with Crippen LogP contribution in [0.4, 0.5) is 51.4 Å². The molecule has 15 aromatic carbocycles. The molecule has 147 heavy (non-hydrogen) atoms. The summed E-state index contributed by atoms with van der Waals surface area (Å²) in [6.07, 6.45) is 18.8. The van der Waals surface area contributed by atoms with Crippen molar-refractivity contribution in [3.63, 3.8) is 0 Å². The molecule has 6 aromatic heterocycles. The van der Waals surface area contributed by atoms with E-state index in [4.69, 9.17) is 9.97 Å². The van der Waals surface area contributed by atoms with Gasteiger partial charge in [0.2, 0.25) is 0 Å². The van der Waals surface area contributed by atoms with Crippen molar-refractivity contribution in [1.29, 1.82) is 0 Å². The van der Waals surface area contributed by atoms with E-state index in [1.165, 1.54) is 178 Å². The minimum atomic E-state index is -0.109. The first-order chi connectivity index (χ1) is 71.5. The van der Waals surface area contributed by atoms with Crippen molar-refractivity contribution in [3.8, 4) is 134 Å². The van der Waals surface area contributed by atoms with Gasteiger partial charge in [-0.2, -0.15) is 0 Å². The third kappa shape index (κ3) is 14.8. The fourth-order valence-corrected chi connectivity index (χ4v) is 25.1. The number of aromatic nitrogens is 6. The largest absolute Gasteiger partial charge is 0.309 e. The Kier molecular flexibility index (Phi) is 21.8. The Morgan fingerprint density at radius 1 is 0.150 bits per heavy atom. The number of anilines is 9. The number of nitrogens with zero attached hydrogens (tertiary/aromatic N) is 9. The normalized spacial score (nSPS) is 14.4. The lowest BCUT2D eigenvalue weighted by Gasteiger charge is -2.31. The lowest BCUT2D eigenvalue weighted by molar-refractivity contribution is 0.660. The van der Waals surface area contributed by atoms with Crippen LogP contribution in [0.5, 0.6) is 0 Å². The van der Waals surface area contributed by atoms with Crippen molar-refractivity contribution in [2.75, 3.05) is 14.7 Å². The molecule has 0 aliphatic heterocycles. The fourth-order valence-electron chi connectivity index (χ4n) is 25.1. The van der Waals surface area contributed by atoms with Crippen LogP contribution in [-0.4, -0.2) is 29.9 Å². The standard InChI is InChI=1S/3C46H37N3/c1-45(2)40-18-7-5-14-36(40)38-22-20-30(26-42(38)45)34-16-9-17-35(44(34)49(32-12-10-24-47-28-32)33-13-11-25-48-29-33)31-21-23-39-37-15-6-8-19-41(37)46(3,4)43(39)27-31;1-45(2)38-18-7-5-14-34(38)36-24-22-30(28-40(36)45)32-16-13-17-33(44(32)49(42-20-9-11-26-47-42)43-21-10-12-27-48-43)31-23-25-37-35-15-6-8-19-39(35)46(3,4)41(37)29-31;1-45(2)40-14-7-5-10-36(40)38-18-16-30(28-42(38)45)34-12-9-13-35(44(34)49(32-20-24-47-25-21-32)33-22-26-48-27-23-33)31-17-19-39-37-11-6-8-15-41(37)46(3,4)43(39)29-31/h3*5-29H,1-4H3. The number of rotatable bonds is 15. The van der Waals surface area contributed by atoms with E-state index in [-0.39, 0.29) is 32.5 Å². The smallest absolute Gasteiger partial charge is 0.138 e. The molecule has 9 heteroatoms. The van der Waals surface area contributed by atoms with E-state index in [2.05, 4.69) is 476 Å². The van der Waals surface area contributed by atoms with Crippen molar-refractivity contribution in [2.24, 2.45) is 0 Å². The highest BCUT2D eigenvalue weighted by Crippen LogP contribution is 2.61. The van der Waals surface area contributed by atoms with Crippen molar-refractivity contribution in [3.05, 3.63) is 523 Å². The van der Waals surface area contributed by atoms with Gasteiger partial charge in [0, 0.05) is 127 Å². The zero-order chi connectivity index (χ0) is 100.0. The molecule has 0 radical (unpaired) electrons. The summed E-state index contributed by atoms with van der Waals surface area (Å²) in [5, 5.41) is 0. The van der Waals surface area contributed by atoms with Gasteiger partial charge in [-0.3, -0.25) is 24.8 Å². The quantitative estimate of drug-likeness (QED) is 0.0996. The topological polar surface area (TPSA) is 87.1 Å². The molecule has 0 bridgehead atoms. The number of hydrogen-bond acceptors (Lipinski definition) is 9. The molecule has 0 saturated heterocycles. The van der Waals surface area contributed by atoms with Gasteiger partial charge in [0.1, 0.15) is 11.6 Å². The summed E-state index contributed by atoms with van der Waals surface area (Å²) in [6.45, 7) is 28.2. The van der Waals surface area contributed by atoms with Crippen molar-refractivity contribution < 1.29 is 0 Å². The van der Waals surface area contributed by atoms with Gasteiger partial charge in [-0.05, 0) is 276 Å². The van der Waals surface area contributed by atoms with E-state index in [1.807, 2.05) is 98.4 Å². The minimum absolute atomic E-state index is 0.101. The molecule has 0 unspecified atom stereocenters. The summed E-state index contributed by atoms with van der Waals surface area (Å²) < 4.78 is 0. The first kappa shape index (κ1) is 90.8. The SMILES string of the molecule is CC1(C)c2ccccc2-c2ccc(-c3cccc(-c4ccc5c(c4)C(C)(C)c4ccccc4-5)c3N(c3ccccn3)c3ccccn3)cc21.CC1(C)c2ccccc2-c2ccc(-c3cccc(-c4ccc5c(c4)C(C)(C)c4ccccc4-5)c3N(c3cccnc3)c3cccnc3)cc21.CC1(C)c2ccccc2-c2ccc(-c3cccc(-c4ccc5c(c4)C(C)(C)c4ccccc4-5)c3N(c3ccncc3)c3ccncc3)cc21. The first-order valence-corrected chi connectivity index (χ1v) is 51.2. The van der Waals surface area contributed by atoms with Crippen LogP contribution < -0.4 is 14.7 Å². The molecule has 0 N–H and O–H groups in total. The second-order valence-corrected chi connectivity index (χ2v) is 42.9. The van der Waals surface area contributed by atoms with Gasteiger partial charge in [-0.25, -0.2) is 9.97 Å². The molecule has 0 spiro atoms. The van der Waals surface area contributed by atoms with E-state index in [1.54, 1.807) is 0 Å². The predicted octanol–water partition coefficient (Wildman–Crippen LogP) is 35.7. The second kappa shape index (κ2) is 35.3. The second-order valence-electron chi connectivity index (χ2n) is 42.9. The lowest BCUT2D eigenvalue weighted by atomic mass is 9.80. The van der Waals surface area contributed by atoms with E-state index in [0.29, 0.717) is 0 Å². The van der Waals surface area contributed by atoms with E-state index in [9.17, 15) is 0 Å². The Labute approximate surface area is 862 Å². The zero-order valence-corrected chi connectivity index (χ0v) is 84.8. The molecular weight excluding hydrogens is 1780 g/mol. The highest BCUT2D eigenvalue weighted by atomic mass is 15.2. The Balaban J connectivity index is 0.000000115. The third-order valence-electron chi connectivity index (χ3n) is 32.6. The van der Waals surface area contributed by atoms with E-state index < -0.39 is 0 Å². The van der Waals surface area contributed by atoms with Gasteiger partial charge < -0.3 is 9.80 Å². The molecule has 21 aromatic rings. The van der Waals surface area contributed by atoms with Crippen LogP contribution in [0.1, 0.15) is 150 Å². The molecule has 6 heterocycles. The maximum atomic E-state index is 4.90. The van der Waals surface area contributed by atoms with Crippen LogP contribution >= 0.6 is 0 Å². The van der Waals surface area contributed by atoms with Crippen LogP contribution in [0.2, 0.25) is 0 Å². The van der Waals surface area contributed by atoms with Gasteiger partial charge in [-0.1, -0.05) is 368 Å². The molecule has 6 aliphatic carbocycles. The average Bonchev–Trinajstić information content (AvgIpc) is 1.61. The molecule has 0 atom stereocenters. The van der Waals surface area contributed by atoms with Crippen LogP contribution in [0, 0.1) is 0 Å². The molecule has 9 nitrogen and oxygen atoms in total. The van der Waals surface area contributed by atoms with Crippen LogP contribution in [0.25, 0.3) is 134 Å². The van der Waals surface area contributed by atoms with Gasteiger partial charge in [0.15, 0.2) is 0 Å². The van der Waals surface area contributed by atoms with Gasteiger partial charge in [0.05, 0.1) is 40.8 Å². The molecule has 6 aliphatic rings. The van der Waals surface area contributed by atoms with Crippen molar-refractivity contribution in [2.45, 2.75) is 116 Å². The number of pyridine rings is 6. The molecule has 27 rings (SSSR count). The number of fused-ring (bicyclic) bond motifs is 18. The van der Waals surface area contributed by atoms with Crippen LogP contribution in [0.3, 0.4) is 0 Å². The Bertz CT molecular complexity index is 7480. The van der Waals surface area contributed by atoms with Crippen LogP contribution in [0.15, 0.2) is 456 Å². The highest BCUT2D eigenvalue weighted by molar-refractivity contribution is 6.04. The Morgan fingerprint density at radius 2 is 0.361 bits per heavy atom. The Hall–Kier alpha value is -17.4. The predicted molar refractivity (Wildman–Crippen MR) is 608 cm³/mol. The van der Waals surface area contributed by atoms with Gasteiger partial charge in [-0.15, -0.1) is 0 Å². The summed E-state index contributed by atoms with van der Waals surface area (Å²) in [6, 6.07) is 144. The zero-order valence-electron chi connectivity index (χ0n) is 84.8. The summed E-state index contributed by atoms with van der Waals surface area (Å²) in [5.74, 6) is 1.63. The summed E-state index contributed by atoms with van der Waals surface area (Å²) >= 11 is 0. The highest BCUT2D eigenvalue weighted by Gasteiger charge is 2.44. The molecule has 0 amide bonds. The van der Waals surface area contributed by atoms with Crippen LogP contribution in [-0.2, 0) is 32.5 Å². The molecule has 708 valence electrons. The third-order valence-corrected chi connectivity index (χ3v) is 32.6. The van der Waals surface area contributed by atoms with Crippen molar-refractivity contribution in [1.82, 2.24) is 29.9 Å². The van der Waals surface area contributed by atoms with E-state index >= 15 is 0 Å². The molecule has 0 saturated carbocycles. The monoisotopic (exact) mass is 1890 g/mol. The summed E-state index contributed by atoms with van der Waals surface area (Å²) in [4.78, 5) is 34.7. The molecule has 0 fully saturated rings. The number of benzene rings is 15. The number of para-hydroxylation sites is 3. The minimum Gasteiger partial charge on any atom is -0.309 e. The fraction of sp³-hybridized carbons (Fsp3) is 0.130. The molecular formula is C138H111N9. The van der Waals surface area contributed by atoms with Gasteiger partial charge in [0.25, 0.3) is 0 Å².